The van der Waals surface area contributed by atoms with E-state index < -0.39 is 33.9 Å². The van der Waals surface area contributed by atoms with E-state index in [9.17, 15) is 18.0 Å². The number of benzene rings is 2. The average Bonchev–Trinajstić information content (AvgIpc) is 2.37. The molecule has 0 bridgehead atoms. The molecule has 0 aromatic heterocycles. The zero-order chi connectivity index (χ0) is 14.9. The SMILES string of the molecule is O=C(Nc1ccc(O)cc1F)c1cc(F)c(Cl)cc1F. The van der Waals surface area contributed by atoms with Gasteiger partial charge in [0, 0.05) is 6.07 Å². The van der Waals surface area contributed by atoms with Crippen molar-refractivity contribution in [3.05, 3.63) is 58.4 Å². The van der Waals surface area contributed by atoms with Crippen LogP contribution in [0.4, 0.5) is 18.9 Å². The number of anilines is 1. The fourth-order valence-electron chi connectivity index (χ4n) is 1.49. The van der Waals surface area contributed by atoms with Gasteiger partial charge >= 0.3 is 0 Å². The number of amides is 1. The summed E-state index contributed by atoms with van der Waals surface area (Å²) in [4.78, 5) is 11.7. The van der Waals surface area contributed by atoms with E-state index in [-0.39, 0.29) is 11.4 Å². The second-order valence-electron chi connectivity index (χ2n) is 3.86. The number of rotatable bonds is 2. The molecule has 0 heterocycles. The Morgan fingerprint density at radius 2 is 1.75 bits per heavy atom. The maximum Gasteiger partial charge on any atom is 0.258 e. The maximum absolute atomic E-state index is 13.5. The number of halogens is 4. The molecule has 0 saturated heterocycles. The number of carbonyl (C=O) groups is 1. The number of phenols is 1. The van der Waals surface area contributed by atoms with E-state index in [0.29, 0.717) is 12.1 Å². The number of carbonyl (C=O) groups excluding carboxylic acids is 1. The Labute approximate surface area is 116 Å². The van der Waals surface area contributed by atoms with Gasteiger partial charge < -0.3 is 10.4 Å². The molecule has 0 spiro atoms. The van der Waals surface area contributed by atoms with Gasteiger partial charge in [-0.05, 0) is 24.3 Å². The first-order chi connectivity index (χ1) is 9.38. The molecule has 2 N–H and O–H groups in total. The van der Waals surface area contributed by atoms with E-state index in [0.717, 1.165) is 18.2 Å². The van der Waals surface area contributed by atoms with Crippen molar-refractivity contribution in [1.82, 2.24) is 0 Å². The largest absolute Gasteiger partial charge is 0.508 e. The molecule has 2 aromatic rings. The van der Waals surface area contributed by atoms with Crippen molar-refractivity contribution >= 4 is 23.2 Å². The van der Waals surface area contributed by atoms with E-state index in [1.807, 2.05) is 0 Å². The molecular formula is C13H7ClF3NO2. The molecular weight excluding hydrogens is 295 g/mol. The number of aromatic hydroxyl groups is 1. The Hall–Kier alpha value is -2.21. The minimum absolute atomic E-state index is 0.275. The Morgan fingerprint density at radius 3 is 2.40 bits per heavy atom. The molecule has 3 nitrogen and oxygen atoms in total. The Balaban J connectivity index is 2.31. The third-order valence-corrected chi connectivity index (χ3v) is 2.75. The van der Waals surface area contributed by atoms with Gasteiger partial charge in [-0.2, -0.15) is 0 Å². The molecule has 0 radical (unpaired) electrons. The van der Waals surface area contributed by atoms with Crippen LogP contribution in [-0.4, -0.2) is 11.0 Å². The van der Waals surface area contributed by atoms with Crippen molar-refractivity contribution in [3.63, 3.8) is 0 Å². The van der Waals surface area contributed by atoms with Gasteiger partial charge in [-0.3, -0.25) is 4.79 Å². The molecule has 1 amide bonds. The van der Waals surface area contributed by atoms with Crippen molar-refractivity contribution in [1.29, 1.82) is 0 Å². The Kier molecular flexibility index (Phi) is 3.85. The Bertz CT molecular complexity index is 692. The van der Waals surface area contributed by atoms with Crippen LogP contribution in [0.25, 0.3) is 0 Å². The second-order valence-corrected chi connectivity index (χ2v) is 4.27. The van der Waals surface area contributed by atoms with Gasteiger partial charge in [0.25, 0.3) is 5.91 Å². The van der Waals surface area contributed by atoms with Crippen molar-refractivity contribution in [2.45, 2.75) is 0 Å². The van der Waals surface area contributed by atoms with Crippen LogP contribution < -0.4 is 5.32 Å². The average molecular weight is 302 g/mol. The first kappa shape index (κ1) is 14.2. The number of hydrogen-bond donors (Lipinski definition) is 2. The number of nitrogens with one attached hydrogen (secondary N) is 1. The van der Waals surface area contributed by atoms with Crippen molar-refractivity contribution in [2.24, 2.45) is 0 Å². The summed E-state index contributed by atoms with van der Waals surface area (Å²) in [6.07, 6.45) is 0. The zero-order valence-electron chi connectivity index (χ0n) is 9.75. The molecule has 20 heavy (non-hydrogen) atoms. The predicted octanol–water partition coefficient (Wildman–Crippen LogP) is 3.72. The standard InChI is InChI=1S/C13H7ClF3NO2/c14-8-5-9(15)7(4-10(8)16)13(20)18-12-2-1-6(19)3-11(12)17/h1-5,19H,(H,18,20). The molecule has 0 aliphatic carbocycles. The topological polar surface area (TPSA) is 49.3 Å². The van der Waals surface area contributed by atoms with Gasteiger partial charge in [-0.1, -0.05) is 11.6 Å². The van der Waals surface area contributed by atoms with Gasteiger partial charge in [0.1, 0.15) is 23.2 Å². The van der Waals surface area contributed by atoms with Crippen LogP contribution in [0.2, 0.25) is 5.02 Å². The van der Waals surface area contributed by atoms with E-state index in [4.69, 9.17) is 16.7 Å². The summed E-state index contributed by atoms with van der Waals surface area (Å²) < 4.78 is 40.1. The summed E-state index contributed by atoms with van der Waals surface area (Å²) in [6.45, 7) is 0. The van der Waals surface area contributed by atoms with Crippen LogP contribution in [0, 0.1) is 17.5 Å². The molecule has 0 aliphatic rings. The van der Waals surface area contributed by atoms with Crippen LogP contribution >= 0.6 is 11.6 Å². The summed E-state index contributed by atoms with van der Waals surface area (Å²) >= 11 is 5.36. The lowest BCUT2D eigenvalue weighted by molar-refractivity contribution is 0.102. The van der Waals surface area contributed by atoms with Crippen LogP contribution in [-0.2, 0) is 0 Å². The first-order valence-corrected chi connectivity index (χ1v) is 5.70. The monoisotopic (exact) mass is 301 g/mol. The molecule has 0 fully saturated rings. The van der Waals surface area contributed by atoms with Crippen molar-refractivity contribution in [2.75, 3.05) is 5.32 Å². The van der Waals surface area contributed by atoms with Gasteiger partial charge in [-0.25, -0.2) is 13.2 Å². The minimum atomic E-state index is -1.04. The van der Waals surface area contributed by atoms with E-state index in [1.54, 1.807) is 0 Å². The minimum Gasteiger partial charge on any atom is -0.508 e. The van der Waals surface area contributed by atoms with Crippen LogP contribution in [0.5, 0.6) is 5.75 Å². The fourth-order valence-corrected chi connectivity index (χ4v) is 1.64. The normalized spacial score (nSPS) is 10.4. The van der Waals surface area contributed by atoms with Crippen LogP contribution in [0.1, 0.15) is 10.4 Å². The molecule has 0 aliphatic heterocycles. The van der Waals surface area contributed by atoms with E-state index in [2.05, 4.69) is 5.32 Å². The van der Waals surface area contributed by atoms with Gasteiger partial charge in [0.15, 0.2) is 0 Å². The molecule has 0 saturated carbocycles. The highest BCUT2D eigenvalue weighted by Gasteiger charge is 2.17. The maximum atomic E-state index is 13.5. The third kappa shape index (κ3) is 2.85. The lowest BCUT2D eigenvalue weighted by Crippen LogP contribution is -2.15. The third-order valence-electron chi connectivity index (χ3n) is 2.46. The highest BCUT2D eigenvalue weighted by molar-refractivity contribution is 6.30. The summed E-state index contributed by atoms with van der Waals surface area (Å²) in [5, 5.41) is 10.6. The quantitative estimate of drug-likeness (QED) is 0.656. The van der Waals surface area contributed by atoms with E-state index >= 15 is 0 Å². The molecule has 7 heteroatoms. The summed E-state index contributed by atoms with van der Waals surface area (Å²) in [6, 6.07) is 4.27. The smallest absolute Gasteiger partial charge is 0.258 e. The highest BCUT2D eigenvalue weighted by atomic mass is 35.5. The van der Waals surface area contributed by atoms with Gasteiger partial charge in [0.05, 0.1) is 16.3 Å². The zero-order valence-corrected chi connectivity index (χ0v) is 10.5. The Morgan fingerprint density at radius 1 is 1.05 bits per heavy atom. The summed E-state index contributed by atoms with van der Waals surface area (Å²) in [5.41, 5.74) is -0.887. The lowest BCUT2D eigenvalue weighted by Gasteiger charge is -2.08. The second kappa shape index (κ2) is 5.42. The lowest BCUT2D eigenvalue weighted by atomic mass is 10.2. The number of hydrogen-bond acceptors (Lipinski definition) is 2. The summed E-state index contributed by atoms with van der Waals surface area (Å²) in [7, 11) is 0. The van der Waals surface area contributed by atoms with Gasteiger partial charge in [-0.15, -0.1) is 0 Å². The van der Waals surface area contributed by atoms with Gasteiger partial charge in [0.2, 0.25) is 0 Å². The highest BCUT2D eigenvalue weighted by Crippen LogP contribution is 2.23. The fraction of sp³-hybridized carbons (Fsp3) is 0. The summed E-state index contributed by atoms with van der Waals surface area (Å²) in [5.74, 6) is -4.28. The number of phenolic OH excluding ortho intramolecular Hbond substituents is 1. The van der Waals surface area contributed by atoms with Crippen LogP contribution in [0.15, 0.2) is 30.3 Å². The molecule has 0 atom stereocenters. The molecule has 104 valence electrons. The predicted molar refractivity (Wildman–Crippen MR) is 67.4 cm³/mol. The molecule has 2 rings (SSSR count). The molecule has 2 aromatic carbocycles. The van der Waals surface area contributed by atoms with Crippen molar-refractivity contribution in [3.8, 4) is 5.75 Å². The first-order valence-electron chi connectivity index (χ1n) is 5.33. The van der Waals surface area contributed by atoms with Crippen molar-refractivity contribution < 1.29 is 23.1 Å². The molecule has 0 unspecified atom stereocenters. The van der Waals surface area contributed by atoms with E-state index in [1.165, 1.54) is 0 Å². The van der Waals surface area contributed by atoms with Crippen LogP contribution in [0.3, 0.4) is 0 Å².